The van der Waals surface area contributed by atoms with Crippen molar-refractivity contribution in [2.45, 2.75) is 27.3 Å². The number of halogens is 2. The molecule has 0 aliphatic carbocycles. The first-order valence-electron chi connectivity index (χ1n) is 9.17. The van der Waals surface area contributed by atoms with E-state index in [0.717, 1.165) is 12.1 Å². The summed E-state index contributed by atoms with van der Waals surface area (Å²) in [5.74, 6) is -0.468. The van der Waals surface area contributed by atoms with Crippen molar-refractivity contribution in [2.24, 2.45) is 0 Å². The summed E-state index contributed by atoms with van der Waals surface area (Å²) in [5, 5.41) is 0. The van der Waals surface area contributed by atoms with Gasteiger partial charge in [0.05, 0.1) is 19.8 Å². The Morgan fingerprint density at radius 3 is 2.00 bits per heavy atom. The average Bonchev–Trinajstić information content (AvgIpc) is 2.66. The maximum Gasteiger partial charge on any atom is 0.254 e. The Balaban J connectivity index is 2.34. The zero-order valence-electron chi connectivity index (χ0n) is 16.6. The van der Waals surface area contributed by atoms with Crippen LogP contribution in [0.5, 0.6) is 17.2 Å². The van der Waals surface area contributed by atoms with Crippen molar-refractivity contribution in [1.29, 1.82) is 0 Å². The maximum atomic E-state index is 13.9. The van der Waals surface area contributed by atoms with E-state index in [1.807, 2.05) is 20.8 Å². The molecule has 0 fully saturated rings. The number of ether oxygens (including phenoxy) is 3. The molecule has 7 heteroatoms. The summed E-state index contributed by atoms with van der Waals surface area (Å²) in [7, 11) is 1.54. The first kappa shape index (κ1) is 21.5. The Bertz CT molecular complexity index is 799. The van der Waals surface area contributed by atoms with Crippen molar-refractivity contribution in [3.05, 3.63) is 53.1 Å². The van der Waals surface area contributed by atoms with Gasteiger partial charge in [-0.05, 0) is 39.0 Å². The lowest BCUT2D eigenvalue weighted by molar-refractivity contribution is 0.0782. The highest BCUT2D eigenvalue weighted by Gasteiger charge is 2.21. The van der Waals surface area contributed by atoms with Gasteiger partial charge in [0.1, 0.15) is 11.6 Å². The minimum Gasteiger partial charge on any atom is -0.490 e. The zero-order valence-corrected chi connectivity index (χ0v) is 16.6. The molecule has 0 aromatic heterocycles. The van der Waals surface area contributed by atoms with Gasteiger partial charge in [-0.3, -0.25) is 4.79 Å². The molecular weight excluding hydrogens is 368 g/mol. The lowest BCUT2D eigenvalue weighted by atomic mass is 10.1. The summed E-state index contributed by atoms with van der Waals surface area (Å²) in [6, 6.07) is 6.44. The molecule has 0 aliphatic heterocycles. The van der Waals surface area contributed by atoms with E-state index in [1.165, 1.54) is 11.0 Å². The molecule has 0 bridgehead atoms. The molecular formula is C21H25F2NO4. The highest BCUT2D eigenvalue weighted by molar-refractivity contribution is 5.95. The fourth-order valence-corrected chi connectivity index (χ4v) is 2.71. The van der Waals surface area contributed by atoms with Gasteiger partial charge in [-0.1, -0.05) is 6.07 Å². The number of hydrogen-bond acceptors (Lipinski definition) is 4. The molecule has 2 aromatic rings. The van der Waals surface area contributed by atoms with Crippen LogP contribution >= 0.6 is 0 Å². The Labute approximate surface area is 163 Å². The van der Waals surface area contributed by atoms with Crippen molar-refractivity contribution in [1.82, 2.24) is 4.90 Å². The van der Waals surface area contributed by atoms with Crippen LogP contribution in [0.4, 0.5) is 8.78 Å². The predicted molar refractivity (Wildman–Crippen MR) is 102 cm³/mol. The molecule has 0 N–H and O–H groups in total. The predicted octanol–water partition coefficient (Wildman–Crippen LogP) is 4.43. The molecule has 0 unspecified atom stereocenters. The molecule has 2 rings (SSSR count). The third-order valence-corrected chi connectivity index (χ3v) is 3.93. The number of hydrogen-bond donors (Lipinski definition) is 0. The Hall–Kier alpha value is -2.83. The Morgan fingerprint density at radius 2 is 1.50 bits per heavy atom. The normalized spacial score (nSPS) is 10.5. The second kappa shape index (κ2) is 9.92. The van der Waals surface area contributed by atoms with E-state index in [1.54, 1.807) is 19.2 Å². The number of benzene rings is 2. The van der Waals surface area contributed by atoms with Crippen molar-refractivity contribution in [3.63, 3.8) is 0 Å². The molecule has 0 radical (unpaired) electrons. The molecule has 0 saturated carbocycles. The molecule has 0 saturated heterocycles. The van der Waals surface area contributed by atoms with E-state index in [4.69, 9.17) is 14.2 Å². The Kier molecular flexibility index (Phi) is 7.61. The van der Waals surface area contributed by atoms with Crippen LogP contribution in [0.1, 0.15) is 36.7 Å². The molecule has 1 amide bonds. The van der Waals surface area contributed by atoms with Crippen LogP contribution in [0.25, 0.3) is 0 Å². The fraction of sp³-hybridized carbons (Fsp3) is 0.381. The van der Waals surface area contributed by atoms with Gasteiger partial charge in [0.2, 0.25) is 5.75 Å². The molecule has 5 nitrogen and oxygen atoms in total. The van der Waals surface area contributed by atoms with Crippen LogP contribution in [-0.2, 0) is 6.54 Å². The average molecular weight is 393 g/mol. The van der Waals surface area contributed by atoms with Crippen molar-refractivity contribution >= 4 is 5.91 Å². The minimum atomic E-state index is -0.698. The number of nitrogens with zero attached hydrogens (tertiary/aromatic N) is 1. The van der Waals surface area contributed by atoms with Crippen molar-refractivity contribution in [3.8, 4) is 17.2 Å². The SMILES string of the molecule is CCOc1cc(C(=O)N(C)Cc2ccc(F)cc2F)cc(OCC)c1OCC. The number of amides is 1. The number of carbonyl (C=O) groups excluding carboxylic acids is 1. The van der Waals surface area contributed by atoms with Crippen LogP contribution in [0.2, 0.25) is 0 Å². The second-order valence-corrected chi connectivity index (χ2v) is 6.00. The zero-order chi connectivity index (χ0) is 20.7. The third-order valence-electron chi connectivity index (χ3n) is 3.93. The molecule has 28 heavy (non-hydrogen) atoms. The van der Waals surface area contributed by atoms with E-state index >= 15 is 0 Å². The van der Waals surface area contributed by atoms with Crippen LogP contribution in [-0.4, -0.2) is 37.7 Å². The Morgan fingerprint density at radius 1 is 0.929 bits per heavy atom. The highest BCUT2D eigenvalue weighted by Crippen LogP contribution is 2.39. The molecule has 0 spiro atoms. The topological polar surface area (TPSA) is 48.0 Å². The maximum absolute atomic E-state index is 13.9. The molecule has 0 aliphatic rings. The van der Waals surface area contributed by atoms with Crippen molar-refractivity contribution in [2.75, 3.05) is 26.9 Å². The van der Waals surface area contributed by atoms with E-state index in [2.05, 4.69) is 0 Å². The van der Waals surface area contributed by atoms with Gasteiger partial charge >= 0.3 is 0 Å². The van der Waals surface area contributed by atoms with Gasteiger partial charge in [-0.2, -0.15) is 0 Å². The largest absolute Gasteiger partial charge is 0.490 e. The van der Waals surface area contributed by atoms with Gasteiger partial charge in [-0.25, -0.2) is 8.78 Å². The van der Waals surface area contributed by atoms with Gasteiger partial charge in [0.15, 0.2) is 11.5 Å². The molecule has 152 valence electrons. The third kappa shape index (κ3) is 5.12. The smallest absolute Gasteiger partial charge is 0.254 e. The quantitative estimate of drug-likeness (QED) is 0.632. The summed E-state index contributed by atoms with van der Waals surface area (Å²) in [5.41, 5.74) is 0.540. The number of rotatable bonds is 9. The van der Waals surface area contributed by atoms with Gasteiger partial charge in [0, 0.05) is 30.8 Å². The summed E-state index contributed by atoms with van der Waals surface area (Å²) >= 11 is 0. The molecule has 0 atom stereocenters. The van der Waals surface area contributed by atoms with Crippen LogP contribution in [0.3, 0.4) is 0 Å². The monoisotopic (exact) mass is 393 g/mol. The van der Waals surface area contributed by atoms with Gasteiger partial charge in [-0.15, -0.1) is 0 Å². The lowest BCUT2D eigenvalue weighted by Crippen LogP contribution is -2.26. The summed E-state index contributed by atoms with van der Waals surface area (Å²) in [6.45, 7) is 6.68. The lowest BCUT2D eigenvalue weighted by Gasteiger charge is -2.21. The standard InChI is InChI=1S/C21H25F2NO4/c1-5-26-18-10-15(11-19(27-6-2)20(18)28-7-3)21(25)24(4)13-14-8-9-16(22)12-17(14)23/h8-12H,5-7,13H2,1-4H3. The van der Waals surface area contributed by atoms with Crippen LogP contribution in [0, 0.1) is 11.6 Å². The van der Waals surface area contributed by atoms with Gasteiger partial charge < -0.3 is 19.1 Å². The van der Waals surface area contributed by atoms with Gasteiger partial charge in [0.25, 0.3) is 5.91 Å². The van der Waals surface area contributed by atoms with Crippen molar-refractivity contribution < 1.29 is 27.8 Å². The minimum absolute atomic E-state index is 0.00784. The second-order valence-electron chi connectivity index (χ2n) is 6.00. The summed E-state index contributed by atoms with van der Waals surface area (Å²) in [4.78, 5) is 14.2. The van der Waals surface area contributed by atoms with E-state index < -0.39 is 11.6 Å². The summed E-state index contributed by atoms with van der Waals surface area (Å²) < 4.78 is 43.9. The van der Waals surface area contributed by atoms with Crippen LogP contribution < -0.4 is 14.2 Å². The van der Waals surface area contributed by atoms with E-state index in [-0.39, 0.29) is 18.0 Å². The van der Waals surface area contributed by atoms with E-state index in [9.17, 15) is 13.6 Å². The fourth-order valence-electron chi connectivity index (χ4n) is 2.71. The highest BCUT2D eigenvalue weighted by atomic mass is 19.1. The first-order valence-corrected chi connectivity index (χ1v) is 9.17. The van der Waals surface area contributed by atoms with Crippen LogP contribution in [0.15, 0.2) is 30.3 Å². The molecule has 2 aromatic carbocycles. The molecule has 0 heterocycles. The summed E-state index contributed by atoms with van der Waals surface area (Å²) in [6.07, 6.45) is 0. The number of carbonyl (C=O) groups is 1. The first-order chi connectivity index (χ1) is 13.4. The van der Waals surface area contributed by atoms with E-state index in [0.29, 0.717) is 42.6 Å².